The van der Waals surface area contributed by atoms with Gasteiger partial charge in [0.25, 0.3) is 0 Å². The molecule has 0 bridgehead atoms. The van der Waals surface area contributed by atoms with E-state index in [1.807, 2.05) is 0 Å². The van der Waals surface area contributed by atoms with E-state index in [0.717, 1.165) is 26.1 Å². The Bertz CT molecular complexity index is 226. The highest BCUT2D eigenvalue weighted by Gasteiger charge is 2.32. The maximum atomic E-state index is 12.2. The van der Waals surface area contributed by atoms with Crippen LogP contribution in [-0.4, -0.2) is 36.5 Å². The lowest BCUT2D eigenvalue weighted by molar-refractivity contribution is -0.139. The highest BCUT2D eigenvalue weighted by molar-refractivity contribution is 5.80. The summed E-state index contributed by atoms with van der Waals surface area (Å²) >= 11 is 0. The molecule has 0 spiro atoms. The Balaban J connectivity index is 1.98. The summed E-state index contributed by atoms with van der Waals surface area (Å²) in [7, 11) is 0. The van der Waals surface area contributed by atoms with Gasteiger partial charge >= 0.3 is 0 Å². The van der Waals surface area contributed by atoms with Crippen LogP contribution >= 0.6 is 0 Å². The Morgan fingerprint density at radius 1 is 1.33 bits per heavy atom. The summed E-state index contributed by atoms with van der Waals surface area (Å²) in [4.78, 5) is 14.4. The lowest BCUT2D eigenvalue weighted by Crippen LogP contribution is -2.54. The molecule has 15 heavy (non-hydrogen) atoms. The number of likely N-dealkylation sites (tertiary alicyclic amines) is 1. The minimum absolute atomic E-state index is 0.275. The number of rotatable bonds is 2. The van der Waals surface area contributed by atoms with Gasteiger partial charge in [-0.2, -0.15) is 0 Å². The fourth-order valence-electron chi connectivity index (χ4n) is 2.59. The van der Waals surface area contributed by atoms with E-state index in [9.17, 15) is 4.79 Å². The Labute approximate surface area is 92.2 Å². The molecule has 1 amide bonds. The molecular formula is C12H22N2O. The zero-order valence-corrected chi connectivity index (χ0v) is 9.67. The van der Waals surface area contributed by atoms with Crippen LogP contribution < -0.4 is 5.32 Å². The molecule has 86 valence electrons. The Kier molecular flexibility index (Phi) is 3.62. The molecule has 2 rings (SSSR count). The molecule has 2 heterocycles. The molecule has 2 saturated heterocycles. The predicted octanol–water partition coefficient (Wildman–Crippen LogP) is 1.39. The summed E-state index contributed by atoms with van der Waals surface area (Å²) in [5.74, 6) is 0.680. The first-order valence-electron chi connectivity index (χ1n) is 6.34. The maximum Gasteiger partial charge on any atom is 0.228 e. The van der Waals surface area contributed by atoms with Crippen molar-refractivity contribution in [3.05, 3.63) is 0 Å². The topological polar surface area (TPSA) is 32.3 Å². The van der Waals surface area contributed by atoms with E-state index < -0.39 is 0 Å². The minimum Gasteiger partial charge on any atom is -0.339 e. The molecule has 2 aliphatic rings. The number of carbonyl (C=O) groups is 1. The van der Waals surface area contributed by atoms with Crippen LogP contribution in [0.15, 0.2) is 0 Å². The molecule has 3 heteroatoms. The molecule has 0 radical (unpaired) electrons. The van der Waals surface area contributed by atoms with E-state index in [1.54, 1.807) is 0 Å². The van der Waals surface area contributed by atoms with Crippen LogP contribution in [0.2, 0.25) is 0 Å². The van der Waals surface area contributed by atoms with Crippen molar-refractivity contribution in [2.75, 3.05) is 19.6 Å². The van der Waals surface area contributed by atoms with Crippen molar-refractivity contribution in [3.63, 3.8) is 0 Å². The molecule has 3 nitrogen and oxygen atoms in total. The maximum absolute atomic E-state index is 12.2. The van der Waals surface area contributed by atoms with E-state index in [2.05, 4.69) is 17.1 Å². The molecule has 1 unspecified atom stereocenters. The van der Waals surface area contributed by atoms with Gasteiger partial charge in [-0.15, -0.1) is 0 Å². The number of hydrogen-bond donors (Lipinski definition) is 1. The van der Waals surface area contributed by atoms with Crippen LogP contribution in [-0.2, 0) is 4.79 Å². The van der Waals surface area contributed by atoms with Gasteiger partial charge in [0.2, 0.25) is 5.91 Å². The summed E-state index contributed by atoms with van der Waals surface area (Å²) < 4.78 is 0. The normalized spacial score (nSPS) is 28.3. The van der Waals surface area contributed by atoms with Gasteiger partial charge in [-0.05, 0) is 19.3 Å². The van der Waals surface area contributed by atoms with Crippen molar-refractivity contribution in [1.82, 2.24) is 10.2 Å². The highest BCUT2D eigenvalue weighted by atomic mass is 16.2. The Morgan fingerprint density at radius 3 is 2.73 bits per heavy atom. The summed E-state index contributed by atoms with van der Waals surface area (Å²) in [6.07, 6.45) is 6.12. The third kappa shape index (κ3) is 2.33. The average molecular weight is 210 g/mol. The number of nitrogens with one attached hydrogen (secondary N) is 1. The predicted molar refractivity (Wildman–Crippen MR) is 60.6 cm³/mol. The molecule has 0 saturated carbocycles. The van der Waals surface area contributed by atoms with Gasteiger partial charge in [-0.3, -0.25) is 4.79 Å². The highest BCUT2D eigenvalue weighted by Crippen LogP contribution is 2.22. The summed E-state index contributed by atoms with van der Waals surface area (Å²) in [6.45, 7) is 4.99. The second-order valence-corrected chi connectivity index (χ2v) is 4.80. The largest absolute Gasteiger partial charge is 0.339 e. The fourth-order valence-corrected chi connectivity index (χ4v) is 2.59. The molecular weight excluding hydrogens is 188 g/mol. The van der Waals surface area contributed by atoms with Gasteiger partial charge in [-0.1, -0.05) is 19.8 Å². The van der Waals surface area contributed by atoms with Gasteiger partial charge in [0, 0.05) is 25.7 Å². The fraction of sp³-hybridized carbons (Fsp3) is 0.917. The SMILES string of the molecule is CCC1CCCCCN1C(=O)C1CNC1. The second-order valence-electron chi connectivity index (χ2n) is 4.80. The lowest BCUT2D eigenvalue weighted by Gasteiger charge is -2.36. The number of nitrogens with zero attached hydrogens (tertiary/aromatic N) is 1. The number of carbonyl (C=O) groups excluding carboxylic acids is 1. The van der Waals surface area contributed by atoms with Gasteiger partial charge in [0.15, 0.2) is 0 Å². The van der Waals surface area contributed by atoms with Gasteiger partial charge in [0.05, 0.1) is 5.92 Å². The summed E-state index contributed by atoms with van der Waals surface area (Å²) in [6, 6.07) is 0.514. The van der Waals surface area contributed by atoms with Crippen LogP contribution in [0, 0.1) is 5.92 Å². The van der Waals surface area contributed by atoms with Crippen LogP contribution in [0.3, 0.4) is 0 Å². The standard InChI is InChI=1S/C12H22N2O/c1-2-11-6-4-3-5-7-14(11)12(15)10-8-13-9-10/h10-11,13H,2-9H2,1H3. The van der Waals surface area contributed by atoms with Crippen LogP contribution in [0.4, 0.5) is 0 Å². The van der Waals surface area contributed by atoms with Crippen molar-refractivity contribution in [2.24, 2.45) is 5.92 Å². The third-order valence-electron chi connectivity index (χ3n) is 3.76. The quantitative estimate of drug-likeness (QED) is 0.747. The van der Waals surface area contributed by atoms with E-state index in [4.69, 9.17) is 0 Å². The smallest absolute Gasteiger partial charge is 0.228 e. The van der Waals surface area contributed by atoms with E-state index in [0.29, 0.717) is 11.9 Å². The van der Waals surface area contributed by atoms with Gasteiger partial charge < -0.3 is 10.2 Å². The first-order chi connectivity index (χ1) is 7.33. The zero-order valence-electron chi connectivity index (χ0n) is 9.67. The summed E-state index contributed by atoms with van der Waals surface area (Å²) in [5, 5.41) is 3.18. The zero-order chi connectivity index (χ0) is 10.7. The monoisotopic (exact) mass is 210 g/mol. The Morgan fingerprint density at radius 2 is 2.13 bits per heavy atom. The molecule has 0 aromatic carbocycles. The number of hydrogen-bond acceptors (Lipinski definition) is 2. The van der Waals surface area contributed by atoms with Crippen molar-refractivity contribution in [3.8, 4) is 0 Å². The van der Waals surface area contributed by atoms with Crippen molar-refractivity contribution in [1.29, 1.82) is 0 Å². The molecule has 0 aromatic heterocycles. The minimum atomic E-state index is 0.275. The molecule has 1 atom stereocenters. The average Bonchev–Trinajstić information content (AvgIpc) is 2.39. The van der Waals surface area contributed by atoms with Crippen LogP contribution in [0.25, 0.3) is 0 Å². The first-order valence-corrected chi connectivity index (χ1v) is 6.34. The second kappa shape index (κ2) is 4.97. The van der Waals surface area contributed by atoms with E-state index >= 15 is 0 Å². The molecule has 2 fully saturated rings. The molecule has 1 N–H and O–H groups in total. The molecule has 0 aliphatic carbocycles. The van der Waals surface area contributed by atoms with E-state index in [1.165, 1.54) is 25.7 Å². The van der Waals surface area contributed by atoms with Crippen molar-refractivity contribution in [2.45, 2.75) is 45.1 Å². The van der Waals surface area contributed by atoms with Crippen molar-refractivity contribution >= 4 is 5.91 Å². The third-order valence-corrected chi connectivity index (χ3v) is 3.76. The lowest BCUT2D eigenvalue weighted by atomic mass is 9.99. The van der Waals surface area contributed by atoms with E-state index in [-0.39, 0.29) is 5.92 Å². The van der Waals surface area contributed by atoms with Gasteiger partial charge in [0.1, 0.15) is 0 Å². The van der Waals surface area contributed by atoms with Gasteiger partial charge in [-0.25, -0.2) is 0 Å². The van der Waals surface area contributed by atoms with Crippen molar-refractivity contribution < 1.29 is 4.79 Å². The summed E-state index contributed by atoms with van der Waals surface area (Å²) in [5.41, 5.74) is 0. The first kappa shape index (κ1) is 10.9. The Hall–Kier alpha value is -0.570. The molecule has 0 aromatic rings. The van der Waals surface area contributed by atoms with Crippen LogP contribution in [0.1, 0.15) is 39.0 Å². The number of amides is 1. The molecule has 2 aliphatic heterocycles. The van der Waals surface area contributed by atoms with Crippen LogP contribution in [0.5, 0.6) is 0 Å².